The van der Waals surface area contributed by atoms with E-state index in [4.69, 9.17) is 9.47 Å². The van der Waals surface area contributed by atoms with E-state index in [0.29, 0.717) is 13.2 Å². The molecule has 1 atom stereocenters. The molecule has 0 rings (SSSR count). The topological polar surface area (TPSA) is 52.6 Å². The lowest BCUT2D eigenvalue weighted by Gasteiger charge is -2.21. The van der Waals surface area contributed by atoms with Gasteiger partial charge in [0, 0.05) is 0 Å². The number of hydrogen-bond acceptors (Lipinski definition) is 4. The molecule has 0 spiro atoms. The number of esters is 2. The van der Waals surface area contributed by atoms with E-state index in [2.05, 4.69) is 6.92 Å². The zero-order valence-corrected chi connectivity index (χ0v) is 14.9. The second kappa shape index (κ2) is 13.6. The third kappa shape index (κ3) is 9.06. The van der Waals surface area contributed by atoms with Gasteiger partial charge in [-0.3, -0.25) is 9.59 Å². The summed E-state index contributed by atoms with van der Waals surface area (Å²) in [6.45, 7) is 8.93. The summed E-state index contributed by atoms with van der Waals surface area (Å²) in [5, 5.41) is 0. The number of carbonyl (C=O) groups is 2. The van der Waals surface area contributed by atoms with Gasteiger partial charge in [0.2, 0.25) is 0 Å². The summed E-state index contributed by atoms with van der Waals surface area (Å²) in [6, 6.07) is 0. The smallest absolute Gasteiger partial charge is 0.320 e. The van der Waals surface area contributed by atoms with Gasteiger partial charge < -0.3 is 9.47 Å². The van der Waals surface area contributed by atoms with Crippen molar-refractivity contribution in [1.29, 1.82) is 0 Å². The van der Waals surface area contributed by atoms with Crippen molar-refractivity contribution in [2.75, 3.05) is 13.2 Å². The quantitative estimate of drug-likeness (QED) is 0.285. The van der Waals surface area contributed by atoms with Crippen LogP contribution in [0.4, 0.5) is 0 Å². The molecule has 4 nitrogen and oxygen atoms in total. The first-order valence-corrected chi connectivity index (χ1v) is 8.91. The second-order valence-corrected chi connectivity index (χ2v) is 5.99. The monoisotopic (exact) mass is 314 g/mol. The maximum atomic E-state index is 12.2. The van der Waals surface area contributed by atoms with Crippen LogP contribution in [0.15, 0.2) is 0 Å². The highest BCUT2D eigenvalue weighted by atomic mass is 16.6. The summed E-state index contributed by atoms with van der Waals surface area (Å²) in [6.07, 6.45) is 7.70. The van der Waals surface area contributed by atoms with E-state index in [1.807, 2.05) is 20.8 Å². The summed E-state index contributed by atoms with van der Waals surface area (Å²) < 4.78 is 10.5. The van der Waals surface area contributed by atoms with Crippen LogP contribution >= 0.6 is 0 Å². The summed E-state index contributed by atoms with van der Waals surface area (Å²) in [5.41, 5.74) is 0. The molecule has 0 heterocycles. The average Bonchev–Trinajstić information content (AvgIpc) is 2.48. The lowest BCUT2D eigenvalue weighted by molar-refractivity contribution is -0.165. The number of carbonyl (C=O) groups excluding carboxylic acids is 2. The molecular formula is C18H34O4. The highest BCUT2D eigenvalue weighted by Crippen LogP contribution is 2.22. The maximum absolute atomic E-state index is 12.2. The van der Waals surface area contributed by atoms with Crippen LogP contribution in [-0.4, -0.2) is 25.2 Å². The van der Waals surface area contributed by atoms with Crippen LogP contribution in [0.5, 0.6) is 0 Å². The standard InChI is InChI=1S/C18H34O4/c1-5-8-11-12-15(4)16(17(19)21-13-9-6-2)18(20)22-14-10-7-3/h15-16H,5-14H2,1-4H3/t15-/m0/s1. The summed E-state index contributed by atoms with van der Waals surface area (Å²) in [4.78, 5) is 24.5. The van der Waals surface area contributed by atoms with E-state index < -0.39 is 17.9 Å². The largest absolute Gasteiger partial charge is 0.465 e. The molecule has 0 aliphatic rings. The fourth-order valence-electron chi connectivity index (χ4n) is 2.26. The molecule has 0 N–H and O–H groups in total. The number of unbranched alkanes of at least 4 members (excludes halogenated alkanes) is 4. The minimum Gasteiger partial charge on any atom is -0.465 e. The normalized spacial score (nSPS) is 12.2. The Labute approximate surface area is 135 Å². The number of rotatable bonds is 13. The summed E-state index contributed by atoms with van der Waals surface area (Å²) in [7, 11) is 0. The molecule has 0 aliphatic heterocycles. The Balaban J connectivity index is 4.58. The first kappa shape index (κ1) is 20.9. The molecule has 130 valence electrons. The SMILES string of the molecule is CCCCC[C@H](C)C(C(=O)OCCCC)C(=O)OCCCC. The van der Waals surface area contributed by atoms with E-state index in [-0.39, 0.29) is 5.92 Å². The fraction of sp³-hybridized carbons (Fsp3) is 0.889. The Morgan fingerprint density at radius 2 is 1.23 bits per heavy atom. The number of hydrogen-bond donors (Lipinski definition) is 0. The van der Waals surface area contributed by atoms with E-state index in [1.54, 1.807) is 0 Å². The Bertz CT molecular complexity index is 279. The molecule has 22 heavy (non-hydrogen) atoms. The fourth-order valence-corrected chi connectivity index (χ4v) is 2.26. The van der Waals surface area contributed by atoms with Crippen molar-refractivity contribution in [2.24, 2.45) is 11.8 Å². The van der Waals surface area contributed by atoms with Crippen LogP contribution in [0.25, 0.3) is 0 Å². The van der Waals surface area contributed by atoms with Crippen LogP contribution in [-0.2, 0) is 19.1 Å². The lowest BCUT2D eigenvalue weighted by Crippen LogP contribution is -2.33. The van der Waals surface area contributed by atoms with Crippen molar-refractivity contribution in [3.63, 3.8) is 0 Å². The van der Waals surface area contributed by atoms with Gasteiger partial charge >= 0.3 is 11.9 Å². The molecule has 0 aromatic carbocycles. The average molecular weight is 314 g/mol. The third-order valence-corrected chi connectivity index (χ3v) is 3.82. The molecule has 0 unspecified atom stereocenters. The lowest BCUT2D eigenvalue weighted by atomic mass is 9.89. The second-order valence-electron chi connectivity index (χ2n) is 5.99. The molecule has 0 saturated heterocycles. The van der Waals surface area contributed by atoms with E-state index >= 15 is 0 Å². The van der Waals surface area contributed by atoms with Gasteiger partial charge in [-0.15, -0.1) is 0 Å². The molecule has 0 aromatic rings. The molecule has 0 bridgehead atoms. The molecule has 4 heteroatoms. The van der Waals surface area contributed by atoms with Gasteiger partial charge in [-0.2, -0.15) is 0 Å². The van der Waals surface area contributed by atoms with Gasteiger partial charge in [0.15, 0.2) is 5.92 Å². The van der Waals surface area contributed by atoms with Crippen molar-refractivity contribution >= 4 is 11.9 Å². The Hall–Kier alpha value is -1.06. The van der Waals surface area contributed by atoms with Crippen LogP contribution in [0.3, 0.4) is 0 Å². The Morgan fingerprint density at radius 3 is 1.64 bits per heavy atom. The first-order valence-electron chi connectivity index (χ1n) is 8.91. The van der Waals surface area contributed by atoms with Gasteiger partial charge in [-0.1, -0.05) is 59.8 Å². The molecule has 0 amide bonds. The van der Waals surface area contributed by atoms with Crippen LogP contribution in [0, 0.1) is 11.8 Å². The van der Waals surface area contributed by atoms with Crippen molar-refractivity contribution < 1.29 is 19.1 Å². The first-order chi connectivity index (χ1) is 10.6. The molecule has 0 fully saturated rings. The van der Waals surface area contributed by atoms with Crippen LogP contribution in [0.2, 0.25) is 0 Å². The molecular weight excluding hydrogens is 280 g/mol. The zero-order chi connectivity index (χ0) is 16.8. The molecule has 0 radical (unpaired) electrons. The minimum atomic E-state index is -0.773. The summed E-state index contributed by atoms with van der Waals surface area (Å²) >= 11 is 0. The van der Waals surface area contributed by atoms with Crippen LogP contribution < -0.4 is 0 Å². The predicted octanol–water partition coefficient (Wildman–Crippen LogP) is 4.51. The summed E-state index contributed by atoms with van der Waals surface area (Å²) in [5.74, 6) is -1.64. The highest BCUT2D eigenvalue weighted by molar-refractivity contribution is 5.95. The van der Waals surface area contributed by atoms with Crippen molar-refractivity contribution in [2.45, 2.75) is 79.1 Å². The highest BCUT2D eigenvalue weighted by Gasteiger charge is 2.34. The van der Waals surface area contributed by atoms with Gasteiger partial charge in [0.25, 0.3) is 0 Å². The molecule has 0 aliphatic carbocycles. The zero-order valence-electron chi connectivity index (χ0n) is 14.9. The minimum absolute atomic E-state index is 0.0326. The van der Waals surface area contributed by atoms with Gasteiger partial charge in [0.05, 0.1) is 13.2 Å². The predicted molar refractivity (Wildman–Crippen MR) is 88.5 cm³/mol. The van der Waals surface area contributed by atoms with Gasteiger partial charge in [-0.05, 0) is 25.2 Å². The number of ether oxygens (including phenoxy) is 2. The Kier molecular flexibility index (Phi) is 12.9. The Morgan fingerprint density at radius 1 is 0.773 bits per heavy atom. The van der Waals surface area contributed by atoms with Crippen molar-refractivity contribution in [3.8, 4) is 0 Å². The third-order valence-electron chi connectivity index (χ3n) is 3.82. The van der Waals surface area contributed by atoms with Gasteiger partial charge in [-0.25, -0.2) is 0 Å². The van der Waals surface area contributed by atoms with Crippen molar-refractivity contribution in [3.05, 3.63) is 0 Å². The van der Waals surface area contributed by atoms with E-state index in [9.17, 15) is 9.59 Å². The van der Waals surface area contributed by atoms with E-state index in [1.165, 1.54) is 0 Å². The molecule has 0 saturated carbocycles. The maximum Gasteiger partial charge on any atom is 0.320 e. The van der Waals surface area contributed by atoms with Crippen LogP contribution in [0.1, 0.15) is 79.1 Å². The van der Waals surface area contributed by atoms with Crippen molar-refractivity contribution in [1.82, 2.24) is 0 Å². The molecule has 0 aromatic heterocycles. The van der Waals surface area contributed by atoms with E-state index in [0.717, 1.165) is 51.4 Å². The van der Waals surface area contributed by atoms with Gasteiger partial charge in [0.1, 0.15) is 0 Å².